The van der Waals surface area contributed by atoms with Crippen molar-refractivity contribution in [3.8, 4) is 0 Å². The number of anilines is 1. The molecule has 0 aromatic heterocycles. The molecule has 0 aliphatic carbocycles. The molecule has 0 aliphatic heterocycles. The van der Waals surface area contributed by atoms with E-state index in [1.807, 2.05) is 0 Å². The third-order valence-corrected chi connectivity index (χ3v) is 2.12. The van der Waals surface area contributed by atoms with E-state index in [2.05, 4.69) is 5.32 Å². The Morgan fingerprint density at radius 2 is 2.12 bits per heavy atom. The van der Waals surface area contributed by atoms with Crippen LogP contribution in [0.15, 0.2) is 18.2 Å². The van der Waals surface area contributed by atoms with E-state index in [0.717, 1.165) is 0 Å². The lowest BCUT2D eigenvalue weighted by atomic mass is 10.1. The van der Waals surface area contributed by atoms with Crippen LogP contribution >= 0.6 is 11.6 Å². The van der Waals surface area contributed by atoms with Gasteiger partial charge in [-0.05, 0) is 25.1 Å². The van der Waals surface area contributed by atoms with Crippen molar-refractivity contribution >= 4 is 29.2 Å². The number of carboxylic acid groups (broad SMARTS) is 1. The maximum atomic E-state index is 11.3. The minimum Gasteiger partial charge on any atom is -0.478 e. The van der Waals surface area contributed by atoms with Gasteiger partial charge in [-0.25, -0.2) is 4.79 Å². The number of hydrogen-bond donors (Lipinski definition) is 3. The first-order valence-electron chi connectivity index (χ1n) is 4.51. The summed E-state index contributed by atoms with van der Waals surface area (Å²) in [6.07, 6.45) is 0. The van der Waals surface area contributed by atoms with Crippen molar-refractivity contribution in [1.29, 1.82) is 0 Å². The highest BCUT2D eigenvalue weighted by Crippen LogP contribution is 2.21. The topological polar surface area (TPSA) is 92.4 Å². The van der Waals surface area contributed by atoms with Crippen molar-refractivity contribution < 1.29 is 14.7 Å². The SMILES string of the molecule is C[C@@H](N)C(=O)Nc1cc(Cl)ccc1C(=O)O. The van der Waals surface area contributed by atoms with Crippen molar-refractivity contribution in [2.24, 2.45) is 5.73 Å². The van der Waals surface area contributed by atoms with Crippen molar-refractivity contribution in [2.75, 3.05) is 5.32 Å². The summed E-state index contributed by atoms with van der Waals surface area (Å²) >= 11 is 5.71. The highest BCUT2D eigenvalue weighted by molar-refractivity contribution is 6.31. The summed E-state index contributed by atoms with van der Waals surface area (Å²) in [6.45, 7) is 1.50. The van der Waals surface area contributed by atoms with E-state index in [4.69, 9.17) is 22.4 Å². The second-order valence-corrected chi connectivity index (χ2v) is 3.71. The van der Waals surface area contributed by atoms with Crippen LogP contribution in [-0.2, 0) is 4.79 Å². The van der Waals surface area contributed by atoms with Crippen LogP contribution < -0.4 is 11.1 Å². The van der Waals surface area contributed by atoms with Crippen LogP contribution in [-0.4, -0.2) is 23.0 Å². The van der Waals surface area contributed by atoms with Crippen LogP contribution in [0.25, 0.3) is 0 Å². The number of carbonyl (C=O) groups is 2. The molecule has 6 heteroatoms. The third-order valence-electron chi connectivity index (χ3n) is 1.88. The molecule has 0 aliphatic rings. The van der Waals surface area contributed by atoms with Crippen LogP contribution in [0.3, 0.4) is 0 Å². The summed E-state index contributed by atoms with van der Waals surface area (Å²) in [4.78, 5) is 22.2. The Labute approximate surface area is 97.2 Å². The molecule has 5 nitrogen and oxygen atoms in total. The van der Waals surface area contributed by atoms with Gasteiger partial charge in [0.1, 0.15) is 0 Å². The Morgan fingerprint density at radius 3 is 2.62 bits per heavy atom. The van der Waals surface area contributed by atoms with E-state index in [9.17, 15) is 9.59 Å². The lowest BCUT2D eigenvalue weighted by Gasteiger charge is -2.10. The summed E-state index contributed by atoms with van der Waals surface area (Å²) in [5, 5.41) is 11.6. The highest BCUT2D eigenvalue weighted by Gasteiger charge is 2.14. The molecule has 0 radical (unpaired) electrons. The standard InChI is InChI=1S/C10H11ClN2O3/c1-5(12)9(14)13-8-4-6(11)2-3-7(8)10(15)16/h2-5H,12H2,1H3,(H,13,14)(H,15,16)/t5-/m1/s1. The fourth-order valence-corrected chi connectivity index (χ4v) is 1.23. The number of aromatic carboxylic acids is 1. The third kappa shape index (κ3) is 2.95. The predicted octanol–water partition coefficient (Wildman–Crippen LogP) is 1.32. The van der Waals surface area contributed by atoms with E-state index < -0.39 is 17.9 Å². The van der Waals surface area contributed by atoms with E-state index in [1.54, 1.807) is 0 Å². The zero-order valence-electron chi connectivity index (χ0n) is 8.53. The fraction of sp³-hybridized carbons (Fsp3) is 0.200. The summed E-state index contributed by atoms with van der Waals surface area (Å²) < 4.78 is 0. The number of hydrogen-bond acceptors (Lipinski definition) is 3. The van der Waals surface area contributed by atoms with Gasteiger partial charge < -0.3 is 16.2 Å². The fourth-order valence-electron chi connectivity index (χ4n) is 1.05. The van der Waals surface area contributed by atoms with Crippen LogP contribution in [0.5, 0.6) is 0 Å². The first-order valence-corrected chi connectivity index (χ1v) is 4.89. The number of nitrogens with two attached hydrogens (primary N) is 1. The average molecular weight is 243 g/mol. The second-order valence-electron chi connectivity index (χ2n) is 3.27. The molecule has 1 rings (SSSR count). The molecule has 0 saturated carbocycles. The largest absolute Gasteiger partial charge is 0.478 e. The molecule has 0 bridgehead atoms. The molecule has 1 aromatic rings. The number of rotatable bonds is 3. The van der Waals surface area contributed by atoms with Gasteiger partial charge in [0.25, 0.3) is 0 Å². The first-order chi connectivity index (χ1) is 7.41. The van der Waals surface area contributed by atoms with Crippen LogP contribution in [0.2, 0.25) is 5.02 Å². The van der Waals surface area contributed by atoms with Gasteiger partial charge in [0.05, 0.1) is 17.3 Å². The maximum absolute atomic E-state index is 11.3. The molecule has 1 aromatic carbocycles. The normalized spacial score (nSPS) is 11.9. The molecular formula is C10H11ClN2O3. The van der Waals surface area contributed by atoms with Gasteiger partial charge in [-0.1, -0.05) is 11.6 Å². The minimum absolute atomic E-state index is 0.0293. The maximum Gasteiger partial charge on any atom is 0.337 e. The monoisotopic (exact) mass is 242 g/mol. The molecule has 1 atom stereocenters. The smallest absolute Gasteiger partial charge is 0.337 e. The Hall–Kier alpha value is -1.59. The second kappa shape index (κ2) is 4.96. The molecule has 1 amide bonds. The van der Waals surface area contributed by atoms with E-state index in [-0.39, 0.29) is 11.3 Å². The Balaban J connectivity index is 3.06. The molecule has 4 N–H and O–H groups in total. The number of benzene rings is 1. The zero-order chi connectivity index (χ0) is 12.3. The molecule has 16 heavy (non-hydrogen) atoms. The van der Waals surface area contributed by atoms with Crippen molar-refractivity contribution in [2.45, 2.75) is 13.0 Å². The van der Waals surface area contributed by atoms with Gasteiger partial charge >= 0.3 is 5.97 Å². The number of halogens is 1. The van der Waals surface area contributed by atoms with Gasteiger partial charge in [-0.3, -0.25) is 4.79 Å². The van der Waals surface area contributed by atoms with Gasteiger partial charge in [0.2, 0.25) is 5.91 Å². The Kier molecular flexibility index (Phi) is 3.87. The molecule has 86 valence electrons. The van der Waals surface area contributed by atoms with Gasteiger partial charge in [-0.2, -0.15) is 0 Å². The lowest BCUT2D eigenvalue weighted by Crippen LogP contribution is -2.33. The Bertz CT molecular complexity index is 432. The molecule has 0 spiro atoms. The number of amides is 1. The van der Waals surface area contributed by atoms with E-state index in [0.29, 0.717) is 5.02 Å². The number of carbonyl (C=O) groups excluding carboxylic acids is 1. The molecule has 0 unspecified atom stereocenters. The molecule has 0 saturated heterocycles. The summed E-state index contributed by atoms with van der Waals surface area (Å²) in [5.41, 5.74) is 5.47. The van der Waals surface area contributed by atoms with Crippen molar-refractivity contribution in [1.82, 2.24) is 0 Å². The van der Waals surface area contributed by atoms with Gasteiger partial charge in [-0.15, -0.1) is 0 Å². The summed E-state index contributed by atoms with van der Waals surface area (Å²) in [6, 6.07) is 3.40. The molecular weight excluding hydrogens is 232 g/mol. The van der Waals surface area contributed by atoms with E-state index >= 15 is 0 Å². The minimum atomic E-state index is -1.14. The molecule has 0 heterocycles. The van der Waals surface area contributed by atoms with Gasteiger partial charge in [0, 0.05) is 5.02 Å². The first kappa shape index (κ1) is 12.5. The van der Waals surface area contributed by atoms with Gasteiger partial charge in [0.15, 0.2) is 0 Å². The average Bonchev–Trinajstić information content (AvgIpc) is 2.16. The van der Waals surface area contributed by atoms with Crippen LogP contribution in [0, 0.1) is 0 Å². The molecule has 0 fully saturated rings. The Morgan fingerprint density at radius 1 is 1.50 bits per heavy atom. The summed E-state index contributed by atoms with van der Waals surface area (Å²) in [7, 11) is 0. The van der Waals surface area contributed by atoms with Crippen molar-refractivity contribution in [3.63, 3.8) is 0 Å². The van der Waals surface area contributed by atoms with E-state index in [1.165, 1.54) is 25.1 Å². The lowest BCUT2D eigenvalue weighted by molar-refractivity contribution is -0.117. The quantitative estimate of drug-likeness (QED) is 0.745. The predicted molar refractivity (Wildman–Crippen MR) is 60.7 cm³/mol. The highest BCUT2D eigenvalue weighted by atomic mass is 35.5. The van der Waals surface area contributed by atoms with Crippen LogP contribution in [0.1, 0.15) is 17.3 Å². The van der Waals surface area contributed by atoms with Crippen LogP contribution in [0.4, 0.5) is 5.69 Å². The van der Waals surface area contributed by atoms with Crippen molar-refractivity contribution in [3.05, 3.63) is 28.8 Å². The number of carboxylic acids is 1. The summed E-state index contributed by atoms with van der Waals surface area (Å²) in [5.74, 6) is -1.61. The zero-order valence-corrected chi connectivity index (χ0v) is 9.28. The number of nitrogens with one attached hydrogen (secondary N) is 1.